The summed E-state index contributed by atoms with van der Waals surface area (Å²) in [5.41, 5.74) is 0.300. The van der Waals surface area contributed by atoms with E-state index in [4.69, 9.17) is 18.9 Å². The summed E-state index contributed by atoms with van der Waals surface area (Å²) in [7, 11) is 1.49. The third-order valence-electron chi connectivity index (χ3n) is 12.3. The number of fused-ring (bicyclic) bond motifs is 5. The molecule has 8 nitrogen and oxygen atoms in total. The van der Waals surface area contributed by atoms with Crippen LogP contribution in [-0.4, -0.2) is 77.4 Å². The van der Waals surface area contributed by atoms with Gasteiger partial charge in [0.15, 0.2) is 6.29 Å². The van der Waals surface area contributed by atoms with Gasteiger partial charge in [-0.3, -0.25) is 0 Å². The Balaban J connectivity index is 1.16. The maximum atomic E-state index is 12.4. The molecule has 8 heteroatoms. The van der Waals surface area contributed by atoms with Gasteiger partial charge in [0, 0.05) is 18.6 Å². The van der Waals surface area contributed by atoms with Crippen LogP contribution in [0.2, 0.25) is 0 Å². The Kier molecular flexibility index (Phi) is 6.80. The van der Waals surface area contributed by atoms with E-state index in [1.165, 1.54) is 7.11 Å². The van der Waals surface area contributed by atoms with Crippen LogP contribution >= 0.6 is 0 Å². The van der Waals surface area contributed by atoms with E-state index in [0.29, 0.717) is 18.4 Å². The van der Waals surface area contributed by atoms with Crippen molar-refractivity contribution in [3.63, 3.8) is 0 Å². The number of esters is 1. The first-order chi connectivity index (χ1) is 18.0. The van der Waals surface area contributed by atoms with Gasteiger partial charge in [0.05, 0.1) is 17.8 Å². The molecule has 0 amide bonds. The quantitative estimate of drug-likeness (QED) is 0.372. The minimum atomic E-state index is -1.04. The number of hydrogen-bond donors (Lipinski definition) is 3. The zero-order chi connectivity index (χ0) is 27.0. The molecule has 0 aromatic carbocycles. The van der Waals surface area contributed by atoms with Crippen molar-refractivity contribution in [2.24, 2.45) is 34.5 Å². The summed E-state index contributed by atoms with van der Waals surface area (Å²) in [4.78, 5) is 11.8. The number of aliphatic hydroxyl groups is 3. The topological polar surface area (TPSA) is 115 Å². The third-order valence-corrected chi connectivity index (χ3v) is 12.3. The van der Waals surface area contributed by atoms with Crippen LogP contribution in [0.4, 0.5) is 0 Å². The molecule has 214 valence electrons. The second-order valence-corrected chi connectivity index (χ2v) is 13.7. The van der Waals surface area contributed by atoms with Crippen molar-refractivity contribution in [3.05, 3.63) is 11.6 Å². The van der Waals surface area contributed by atoms with Crippen molar-refractivity contribution < 1.29 is 39.1 Å². The molecular weight excluding hydrogens is 488 g/mol. The number of carbonyl (C=O) groups excluding carboxylic acids is 1. The van der Waals surface area contributed by atoms with Gasteiger partial charge in [-0.1, -0.05) is 13.8 Å². The lowest BCUT2D eigenvalue weighted by Crippen LogP contribution is -2.62. The van der Waals surface area contributed by atoms with E-state index in [0.717, 1.165) is 63.4 Å². The lowest BCUT2D eigenvalue weighted by atomic mass is 9.43. The van der Waals surface area contributed by atoms with Crippen molar-refractivity contribution in [1.82, 2.24) is 0 Å². The SMILES string of the molecule is COC1C(O)C(C)OC(OC2CC[C@@]3(C)C(CCC4C3CC[C@]3(C)C(C5=CC(=O)OC5)CC[C@]43O)C2)C1O. The fourth-order valence-electron chi connectivity index (χ4n) is 10.1. The maximum absolute atomic E-state index is 12.4. The molecule has 0 bridgehead atoms. The first-order valence-electron chi connectivity index (χ1n) is 14.8. The Morgan fingerprint density at radius 2 is 1.79 bits per heavy atom. The van der Waals surface area contributed by atoms with Gasteiger partial charge < -0.3 is 34.3 Å². The van der Waals surface area contributed by atoms with Crippen LogP contribution in [0.3, 0.4) is 0 Å². The monoisotopic (exact) mass is 534 g/mol. The van der Waals surface area contributed by atoms with Gasteiger partial charge in [-0.15, -0.1) is 0 Å². The van der Waals surface area contributed by atoms with Gasteiger partial charge in [-0.25, -0.2) is 4.79 Å². The molecule has 10 unspecified atom stereocenters. The van der Waals surface area contributed by atoms with Crippen molar-refractivity contribution in [1.29, 1.82) is 0 Å². The highest BCUT2D eigenvalue weighted by Crippen LogP contribution is 2.70. The molecule has 5 fully saturated rings. The molecule has 0 aromatic heterocycles. The fourth-order valence-corrected chi connectivity index (χ4v) is 10.1. The highest BCUT2D eigenvalue weighted by molar-refractivity contribution is 5.85. The molecular formula is C30H46O8. The fraction of sp³-hybridized carbons (Fsp3) is 0.900. The van der Waals surface area contributed by atoms with Crippen molar-refractivity contribution >= 4 is 5.97 Å². The summed E-state index contributed by atoms with van der Waals surface area (Å²) in [6.45, 7) is 6.87. The summed E-state index contributed by atoms with van der Waals surface area (Å²) in [6, 6.07) is 0. The summed E-state index contributed by atoms with van der Waals surface area (Å²) in [5.74, 6) is 1.22. The first-order valence-corrected chi connectivity index (χ1v) is 14.8. The molecule has 1 saturated heterocycles. The van der Waals surface area contributed by atoms with E-state index < -0.39 is 36.3 Å². The number of hydrogen-bond acceptors (Lipinski definition) is 8. The molecule has 0 aromatic rings. The first kappa shape index (κ1) is 27.2. The summed E-state index contributed by atoms with van der Waals surface area (Å²) in [6.07, 6.45) is 6.45. The normalized spacial score (nSPS) is 54.5. The van der Waals surface area contributed by atoms with E-state index in [9.17, 15) is 20.1 Å². The van der Waals surface area contributed by atoms with Crippen LogP contribution in [0, 0.1) is 34.5 Å². The second kappa shape index (κ2) is 9.52. The summed E-state index contributed by atoms with van der Waals surface area (Å²) in [5, 5.41) is 33.5. The zero-order valence-corrected chi connectivity index (χ0v) is 23.3. The largest absolute Gasteiger partial charge is 0.458 e. The number of rotatable bonds is 4. The Bertz CT molecular complexity index is 968. The Labute approximate surface area is 226 Å². The van der Waals surface area contributed by atoms with E-state index in [1.54, 1.807) is 13.0 Å². The van der Waals surface area contributed by atoms with Gasteiger partial charge in [0.25, 0.3) is 0 Å². The minimum absolute atomic E-state index is 0.0103. The van der Waals surface area contributed by atoms with Gasteiger partial charge in [-0.05, 0) is 99.4 Å². The van der Waals surface area contributed by atoms with Crippen molar-refractivity contribution in [3.8, 4) is 0 Å². The van der Waals surface area contributed by atoms with E-state index in [-0.39, 0.29) is 34.7 Å². The predicted molar refractivity (Wildman–Crippen MR) is 138 cm³/mol. The Morgan fingerprint density at radius 3 is 2.50 bits per heavy atom. The highest BCUT2D eigenvalue weighted by Gasteiger charge is 2.67. The summed E-state index contributed by atoms with van der Waals surface area (Å²) < 4.78 is 22.8. The molecule has 6 rings (SSSR count). The maximum Gasteiger partial charge on any atom is 0.331 e. The molecule has 4 saturated carbocycles. The molecule has 0 radical (unpaired) electrons. The number of ether oxygens (including phenoxy) is 4. The standard InChI is InChI=1S/C30H46O8/c1-16-24(32)26(35-4)25(33)27(37-16)38-19-7-10-28(2)18(14-19)5-6-22-21(28)8-11-29(3)20(9-12-30(22,29)34)17-13-23(31)36-15-17/h13,16,18-22,24-27,32-34H,5-12,14-15H2,1-4H3/t16?,18?,19?,20?,21?,22?,24?,25?,26?,27?,28-,29+,30-/m0/s1. The number of cyclic esters (lactones) is 1. The number of methoxy groups -OCH3 is 1. The number of aliphatic hydroxyl groups excluding tert-OH is 2. The molecule has 3 N–H and O–H groups in total. The molecule has 13 atom stereocenters. The summed E-state index contributed by atoms with van der Waals surface area (Å²) >= 11 is 0. The average Bonchev–Trinajstić information content (AvgIpc) is 3.43. The smallest absolute Gasteiger partial charge is 0.331 e. The van der Waals surface area contributed by atoms with E-state index in [1.807, 2.05) is 0 Å². The van der Waals surface area contributed by atoms with Crippen LogP contribution in [-0.2, 0) is 23.7 Å². The molecule has 6 aliphatic rings. The van der Waals surface area contributed by atoms with Crippen molar-refractivity contribution in [2.75, 3.05) is 13.7 Å². The highest BCUT2D eigenvalue weighted by atomic mass is 16.7. The van der Waals surface area contributed by atoms with Crippen LogP contribution in [0.5, 0.6) is 0 Å². The van der Waals surface area contributed by atoms with Crippen molar-refractivity contribution in [2.45, 2.75) is 121 Å². The predicted octanol–water partition coefficient (Wildman–Crippen LogP) is 3.11. The number of carbonyl (C=O) groups is 1. The van der Waals surface area contributed by atoms with Gasteiger partial charge in [-0.2, -0.15) is 0 Å². The lowest BCUT2D eigenvalue weighted by Gasteiger charge is -2.64. The average molecular weight is 535 g/mol. The van der Waals surface area contributed by atoms with E-state index in [2.05, 4.69) is 13.8 Å². The zero-order valence-electron chi connectivity index (χ0n) is 23.3. The van der Waals surface area contributed by atoms with Crippen LogP contribution < -0.4 is 0 Å². The minimum Gasteiger partial charge on any atom is -0.458 e. The molecule has 38 heavy (non-hydrogen) atoms. The Morgan fingerprint density at radius 1 is 1.00 bits per heavy atom. The van der Waals surface area contributed by atoms with Gasteiger partial charge >= 0.3 is 5.97 Å². The van der Waals surface area contributed by atoms with Crippen LogP contribution in [0.1, 0.15) is 78.6 Å². The third kappa shape index (κ3) is 3.88. The Hall–Kier alpha value is -1.03. The van der Waals surface area contributed by atoms with Crippen LogP contribution in [0.15, 0.2) is 11.6 Å². The molecule has 2 heterocycles. The second-order valence-electron chi connectivity index (χ2n) is 13.7. The lowest BCUT2D eigenvalue weighted by molar-refractivity contribution is -0.313. The van der Waals surface area contributed by atoms with E-state index >= 15 is 0 Å². The molecule has 2 aliphatic heterocycles. The molecule has 4 aliphatic carbocycles. The van der Waals surface area contributed by atoms with Crippen LogP contribution in [0.25, 0.3) is 0 Å². The van der Waals surface area contributed by atoms with Gasteiger partial charge in [0.1, 0.15) is 24.9 Å². The van der Waals surface area contributed by atoms with Gasteiger partial charge in [0.2, 0.25) is 0 Å². The molecule has 0 spiro atoms.